The smallest absolute Gasteiger partial charge is 0.0102 e. The van der Waals surface area contributed by atoms with E-state index in [1.807, 2.05) is 0 Å². The van der Waals surface area contributed by atoms with Crippen molar-refractivity contribution in [3.63, 3.8) is 0 Å². The van der Waals surface area contributed by atoms with E-state index < -0.39 is 0 Å². The lowest BCUT2D eigenvalue weighted by Crippen LogP contribution is -2.44. The predicted octanol–water partition coefficient (Wildman–Crippen LogP) is 1.60. The fourth-order valence-electron chi connectivity index (χ4n) is 3.20. The number of piperidine rings is 1. The Labute approximate surface area is 81.5 Å². The SMILES string of the molecule is CCCN1[C@@H]2CC[C@H]1CC(CN)C2. The summed E-state index contributed by atoms with van der Waals surface area (Å²) in [6.07, 6.45) is 6.91. The Kier molecular flexibility index (Phi) is 2.89. The minimum Gasteiger partial charge on any atom is -0.330 e. The molecule has 2 fully saturated rings. The van der Waals surface area contributed by atoms with Gasteiger partial charge in [-0.1, -0.05) is 6.92 Å². The van der Waals surface area contributed by atoms with Crippen molar-refractivity contribution in [1.29, 1.82) is 0 Å². The molecule has 0 amide bonds. The molecule has 2 aliphatic rings. The van der Waals surface area contributed by atoms with Crippen LogP contribution in [0.2, 0.25) is 0 Å². The zero-order valence-electron chi connectivity index (χ0n) is 8.71. The molecule has 3 atom stereocenters. The molecule has 2 nitrogen and oxygen atoms in total. The van der Waals surface area contributed by atoms with Gasteiger partial charge in [-0.2, -0.15) is 0 Å². The van der Waals surface area contributed by atoms with Gasteiger partial charge in [0.05, 0.1) is 0 Å². The molecule has 0 radical (unpaired) electrons. The molecule has 0 aromatic rings. The van der Waals surface area contributed by atoms with E-state index in [2.05, 4.69) is 11.8 Å². The van der Waals surface area contributed by atoms with Gasteiger partial charge in [-0.15, -0.1) is 0 Å². The number of hydrogen-bond acceptors (Lipinski definition) is 2. The van der Waals surface area contributed by atoms with Gasteiger partial charge in [0.1, 0.15) is 0 Å². The lowest BCUT2D eigenvalue weighted by molar-refractivity contribution is 0.107. The van der Waals surface area contributed by atoms with Gasteiger partial charge in [0.2, 0.25) is 0 Å². The largest absolute Gasteiger partial charge is 0.330 e. The highest BCUT2D eigenvalue weighted by atomic mass is 15.2. The van der Waals surface area contributed by atoms with Crippen molar-refractivity contribution < 1.29 is 0 Å². The summed E-state index contributed by atoms with van der Waals surface area (Å²) in [5.41, 5.74) is 5.76. The molecule has 2 bridgehead atoms. The summed E-state index contributed by atoms with van der Waals surface area (Å²) < 4.78 is 0. The van der Waals surface area contributed by atoms with Crippen LogP contribution in [0.1, 0.15) is 39.0 Å². The second-order valence-corrected chi connectivity index (χ2v) is 4.70. The Morgan fingerprint density at radius 3 is 2.31 bits per heavy atom. The summed E-state index contributed by atoms with van der Waals surface area (Å²) in [5, 5.41) is 0. The van der Waals surface area contributed by atoms with Crippen molar-refractivity contribution >= 4 is 0 Å². The van der Waals surface area contributed by atoms with Crippen molar-refractivity contribution in [3.05, 3.63) is 0 Å². The molecule has 0 saturated carbocycles. The summed E-state index contributed by atoms with van der Waals surface area (Å²) >= 11 is 0. The Bertz CT molecular complexity index is 155. The van der Waals surface area contributed by atoms with Crippen LogP contribution in [0.25, 0.3) is 0 Å². The zero-order chi connectivity index (χ0) is 9.26. The average molecular weight is 182 g/mol. The van der Waals surface area contributed by atoms with E-state index in [0.29, 0.717) is 0 Å². The number of fused-ring (bicyclic) bond motifs is 2. The van der Waals surface area contributed by atoms with Gasteiger partial charge in [0, 0.05) is 12.1 Å². The van der Waals surface area contributed by atoms with Crippen molar-refractivity contribution in [2.24, 2.45) is 11.7 Å². The number of hydrogen-bond donors (Lipinski definition) is 1. The summed E-state index contributed by atoms with van der Waals surface area (Å²) in [4.78, 5) is 2.74. The molecular formula is C11H22N2. The van der Waals surface area contributed by atoms with Gasteiger partial charge in [-0.05, 0) is 51.1 Å². The monoisotopic (exact) mass is 182 g/mol. The maximum absolute atomic E-state index is 5.76. The van der Waals surface area contributed by atoms with Crippen LogP contribution in [0.3, 0.4) is 0 Å². The van der Waals surface area contributed by atoms with Crippen molar-refractivity contribution in [3.8, 4) is 0 Å². The molecule has 0 spiro atoms. The Morgan fingerprint density at radius 2 is 1.85 bits per heavy atom. The van der Waals surface area contributed by atoms with Crippen molar-refractivity contribution in [2.75, 3.05) is 13.1 Å². The molecule has 2 aliphatic heterocycles. The summed E-state index contributed by atoms with van der Waals surface area (Å²) in [7, 11) is 0. The molecule has 1 unspecified atom stereocenters. The second-order valence-electron chi connectivity index (χ2n) is 4.70. The predicted molar refractivity (Wildman–Crippen MR) is 55.6 cm³/mol. The first-order valence-electron chi connectivity index (χ1n) is 5.81. The number of rotatable bonds is 3. The van der Waals surface area contributed by atoms with Gasteiger partial charge in [-0.25, -0.2) is 0 Å². The lowest BCUT2D eigenvalue weighted by Gasteiger charge is -2.38. The molecule has 2 heterocycles. The number of nitrogens with zero attached hydrogens (tertiary/aromatic N) is 1. The average Bonchev–Trinajstić information content (AvgIpc) is 2.39. The standard InChI is InChI=1S/C11H22N2/c1-2-5-13-10-3-4-11(13)7-9(6-10)8-12/h9-11H,2-8,12H2,1H3/t9?,10-,11+. The van der Waals surface area contributed by atoms with Crippen LogP contribution >= 0.6 is 0 Å². The van der Waals surface area contributed by atoms with Crippen LogP contribution in [-0.4, -0.2) is 30.1 Å². The van der Waals surface area contributed by atoms with E-state index in [1.54, 1.807) is 0 Å². The fourth-order valence-corrected chi connectivity index (χ4v) is 3.20. The highest BCUT2D eigenvalue weighted by Crippen LogP contribution is 2.38. The van der Waals surface area contributed by atoms with Gasteiger partial charge >= 0.3 is 0 Å². The Morgan fingerprint density at radius 1 is 1.23 bits per heavy atom. The zero-order valence-corrected chi connectivity index (χ0v) is 8.71. The third-order valence-electron chi connectivity index (χ3n) is 3.80. The van der Waals surface area contributed by atoms with Crippen molar-refractivity contribution in [1.82, 2.24) is 4.90 Å². The van der Waals surface area contributed by atoms with Gasteiger partial charge < -0.3 is 5.73 Å². The highest BCUT2D eigenvalue weighted by molar-refractivity contribution is 4.94. The summed E-state index contributed by atoms with van der Waals surface area (Å²) in [5.74, 6) is 0.825. The van der Waals surface area contributed by atoms with E-state index in [4.69, 9.17) is 5.73 Å². The third kappa shape index (κ3) is 1.75. The molecule has 0 aromatic heterocycles. The summed E-state index contributed by atoms with van der Waals surface area (Å²) in [6, 6.07) is 1.76. The minimum absolute atomic E-state index is 0.825. The molecule has 2 heteroatoms. The topological polar surface area (TPSA) is 29.3 Å². The third-order valence-corrected chi connectivity index (χ3v) is 3.80. The quantitative estimate of drug-likeness (QED) is 0.718. The van der Waals surface area contributed by atoms with Crippen LogP contribution in [0, 0.1) is 5.92 Å². The number of nitrogens with two attached hydrogens (primary N) is 1. The molecule has 2 N–H and O–H groups in total. The fraction of sp³-hybridized carbons (Fsp3) is 1.00. The highest BCUT2D eigenvalue weighted by Gasteiger charge is 2.39. The van der Waals surface area contributed by atoms with Crippen LogP contribution in [0.15, 0.2) is 0 Å². The van der Waals surface area contributed by atoms with Gasteiger partial charge in [-0.3, -0.25) is 4.90 Å². The van der Waals surface area contributed by atoms with E-state index in [-0.39, 0.29) is 0 Å². The first kappa shape index (κ1) is 9.47. The molecule has 13 heavy (non-hydrogen) atoms. The second kappa shape index (κ2) is 3.97. The molecule has 0 aromatic carbocycles. The van der Waals surface area contributed by atoms with E-state index in [0.717, 1.165) is 24.5 Å². The lowest BCUT2D eigenvalue weighted by atomic mass is 9.91. The molecule has 0 aliphatic carbocycles. The van der Waals surface area contributed by atoms with Crippen LogP contribution < -0.4 is 5.73 Å². The molecule has 76 valence electrons. The van der Waals surface area contributed by atoms with E-state index >= 15 is 0 Å². The van der Waals surface area contributed by atoms with Gasteiger partial charge in [0.25, 0.3) is 0 Å². The Hall–Kier alpha value is -0.0800. The molecule has 2 rings (SSSR count). The maximum atomic E-state index is 5.76. The molecular weight excluding hydrogens is 160 g/mol. The van der Waals surface area contributed by atoms with Crippen LogP contribution in [0.4, 0.5) is 0 Å². The van der Waals surface area contributed by atoms with Crippen molar-refractivity contribution in [2.45, 2.75) is 51.1 Å². The minimum atomic E-state index is 0.825. The molecule has 2 saturated heterocycles. The van der Waals surface area contributed by atoms with E-state index in [9.17, 15) is 0 Å². The Balaban J connectivity index is 1.96. The first-order valence-corrected chi connectivity index (χ1v) is 5.81. The van der Waals surface area contributed by atoms with Crippen LogP contribution in [0.5, 0.6) is 0 Å². The van der Waals surface area contributed by atoms with Crippen LogP contribution in [-0.2, 0) is 0 Å². The normalized spacial score (nSPS) is 39.7. The van der Waals surface area contributed by atoms with Gasteiger partial charge in [0.15, 0.2) is 0 Å². The van der Waals surface area contributed by atoms with E-state index in [1.165, 1.54) is 38.6 Å². The first-order chi connectivity index (χ1) is 6.35. The maximum Gasteiger partial charge on any atom is 0.0102 e. The summed E-state index contributed by atoms with van der Waals surface area (Å²) in [6.45, 7) is 4.51.